The average molecular weight is 261 g/mol. The lowest BCUT2D eigenvalue weighted by atomic mass is 9.97. The van der Waals surface area contributed by atoms with Crippen molar-refractivity contribution in [3.05, 3.63) is 35.2 Å². The number of nitrogens with one attached hydrogen (secondary N) is 1. The summed E-state index contributed by atoms with van der Waals surface area (Å²) in [5.74, 6) is 0. The maximum absolute atomic E-state index is 6.50. The summed E-state index contributed by atoms with van der Waals surface area (Å²) >= 11 is 1.79. The lowest BCUT2D eigenvalue weighted by Crippen LogP contribution is -2.53. The molecule has 3 rings (SSSR count). The lowest BCUT2D eigenvalue weighted by Gasteiger charge is -2.36. The highest BCUT2D eigenvalue weighted by Gasteiger charge is 2.27. The second kappa shape index (κ2) is 4.97. The van der Waals surface area contributed by atoms with Gasteiger partial charge in [0, 0.05) is 36.4 Å². The first-order chi connectivity index (χ1) is 8.77. The van der Waals surface area contributed by atoms with E-state index in [0.717, 1.165) is 19.6 Å². The van der Waals surface area contributed by atoms with Gasteiger partial charge in [-0.2, -0.15) is 0 Å². The Morgan fingerprint density at radius 3 is 3.11 bits per heavy atom. The van der Waals surface area contributed by atoms with E-state index in [4.69, 9.17) is 5.73 Å². The Hall–Kier alpha value is -0.940. The maximum atomic E-state index is 6.50. The number of piperazine rings is 1. The summed E-state index contributed by atoms with van der Waals surface area (Å²) < 4.78 is 1.33. The summed E-state index contributed by atoms with van der Waals surface area (Å²) in [4.78, 5) is 2.37. The molecule has 96 valence electrons. The standard InChI is InChI=1S/C14H19N3S/c1-17-7-6-16-8-12(17)14(15)11-9-18-13-5-3-2-4-10(11)13/h2-5,9,12,14,16H,6-8,15H2,1H3. The van der Waals surface area contributed by atoms with Crippen LogP contribution in [-0.2, 0) is 0 Å². The van der Waals surface area contributed by atoms with Crippen LogP contribution in [0.4, 0.5) is 0 Å². The predicted molar refractivity (Wildman–Crippen MR) is 78.0 cm³/mol. The lowest BCUT2D eigenvalue weighted by molar-refractivity contribution is 0.174. The second-order valence-electron chi connectivity index (χ2n) is 4.97. The normalized spacial score (nSPS) is 23.3. The van der Waals surface area contributed by atoms with Gasteiger partial charge in [0.15, 0.2) is 0 Å². The van der Waals surface area contributed by atoms with Gasteiger partial charge in [-0.3, -0.25) is 4.90 Å². The van der Waals surface area contributed by atoms with Crippen molar-refractivity contribution in [2.45, 2.75) is 12.1 Å². The number of thiophene rings is 1. The zero-order chi connectivity index (χ0) is 12.5. The van der Waals surface area contributed by atoms with E-state index in [2.05, 4.69) is 46.9 Å². The quantitative estimate of drug-likeness (QED) is 0.866. The van der Waals surface area contributed by atoms with Crippen LogP contribution in [0.15, 0.2) is 29.6 Å². The van der Waals surface area contributed by atoms with Gasteiger partial charge in [0.2, 0.25) is 0 Å². The second-order valence-corrected chi connectivity index (χ2v) is 5.88. The molecule has 1 aromatic heterocycles. The van der Waals surface area contributed by atoms with Crippen LogP contribution in [0, 0.1) is 0 Å². The third-order valence-corrected chi connectivity index (χ3v) is 4.83. The van der Waals surface area contributed by atoms with Crippen molar-refractivity contribution >= 4 is 21.4 Å². The van der Waals surface area contributed by atoms with E-state index < -0.39 is 0 Å². The molecule has 0 bridgehead atoms. The fourth-order valence-corrected chi connectivity index (χ4v) is 3.70. The zero-order valence-electron chi connectivity index (χ0n) is 10.6. The van der Waals surface area contributed by atoms with Crippen molar-refractivity contribution in [1.82, 2.24) is 10.2 Å². The van der Waals surface area contributed by atoms with E-state index in [1.807, 2.05) is 0 Å². The van der Waals surface area contributed by atoms with Gasteiger partial charge in [-0.1, -0.05) is 18.2 Å². The molecule has 0 saturated carbocycles. The molecule has 3 nitrogen and oxygen atoms in total. The molecular formula is C14H19N3S. The molecular weight excluding hydrogens is 242 g/mol. The van der Waals surface area contributed by atoms with Gasteiger partial charge in [0.1, 0.15) is 0 Å². The third-order valence-electron chi connectivity index (χ3n) is 3.85. The van der Waals surface area contributed by atoms with Gasteiger partial charge < -0.3 is 11.1 Å². The molecule has 0 aliphatic carbocycles. The van der Waals surface area contributed by atoms with E-state index in [9.17, 15) is 0 Å². The van der Waals surface area contributed by atoms with E-state index in [1.165, 1.54) is 15.6 Å². The summed E-state index contributed by atoms with van der Waals surface area (Å²) in [5.41, 5.74) is 7.78. The molecule has 1 saturated heterocycles. The van der Waals surface area contributed by atoms with Crippen molar-refractivity contribution in [1.29, 1.82) is 0 Å². The number of rotatable bonds is 2. The minimum atomic E-state index is 0.0824. The topological polar surface area (TPSA) is 41.3 Å². The Balaban J connectivity index is 1.93. The van der Waals surface area contributed by atoms with E-state index in [1.54, 1.807) is 11.3 Å². The highest BCUT2D eigenvalue weighted by atomic mass is 32.1. The summed E-state index contributed by atoms with van der Waals surface area (Å²) in [5, 5.41) is 6.97. The molecule has 0 spiro atoms. The van der Waals surface area contributed by atoms with Crippen LogP contribution in [0.1, 0.15) is 11.6 Å². The first-order valence-corrected chi connectivity index (χ1v) is 7.28. The molecule has 2 aromatic rings. The molecule has 0 amide bonds. The molecule has 2 atom stereocenters. The number of nitrogens with zero attached hydrogens (tertiary/aromatic N) is 1. The summed E-state index contributed by atoms with van der Waals surface area (Å²) in [6, 6.07) is 8.99. The molecule has 1 aromatic carbocycles. The number of benzene rings is 1. The first-order valence-electron chi connectivity index (χ1n) is 6.40. The maximum Gasteiger partial charge on any atom is 0.0479 e. The zero-order valence-corrected chi connectivity index (χ0v) is 11.4. The SMILES string of the molecule is CN1CCNCC1C(N)c1csc2ccccc12. The number of hydrogen-bond acceptors (Lipinski definition) is 4. The van der Waals surface area contributed by atoms with Crippen molar-refractivity contribution in [3.8, 4) is 0 Å². The third kappa shape index (κ3) is 2.06. The summed E-state index contributed by atoms with van der Waals surface area (Å²) in [6.45, 7) is 3.10. The van der Waals surface area contributed by atoms with Gasteiger partial charge in [-0.15, -0.1) is 11.3 Å². The molecule has 2 heterocycles. The molecule has 1 fully saturated rings. The van der Waals surface area contributed by atoms with Crippen LogP contribution in [0.5, 0.6) is 0 Å². The molecule has 1 aliphatic heterocycles. The van der Waals surface area contributed by atoms with Gasteiger partial charge in [0.25, 0.3) is 0 Å². The fraction of sp³-hybridized carbons (Fsp3) is 0.429. The molecule has 0 radical (unpaired) electrons. The van der Waals surface area contributed by atoms with Gasteiger partial charge in [0.05, 0.1) is 0 Å². The predicted octanol–water partition coefficient (Wildman–Crippen LogP) is 1.80. The highest BCUT2D eigenvalue weighted by molar-refractivity contribution is 7.17. The van der Waals surface area contributed by atoms with Crippen LogP contribution < -0.4 is 11.1 Å². The van der Waals surface area contributed by atoms with Crippen LogP contribution in [0.2, 0.25) is 0 Å². The Morgan fingerprint density at radius 2 is 2.28 bits per heavy atom. The van der Waals surface area contributed by atoms with E-state index in [0.29, 0.717) is 6.04 Å². The van der Waals surface area contributed by atoms with Crippen LogP contribution in [0.3, 0.4) is 0 Å². The Labute approximate surface area is 112 Å². The molecule has 2 unspecified atom stereocenters. The fourth-order valence-electron chi connectivity index (χ4n) is 2.69. The molecule has 4 heteroatoms. The minimum absolute atomic E-state index is 0.0824. The molecule has 3 N–H and O–H groups in total. The molecule has 1 aliphatic rings. The largest absolute Gasteiger partial charge is 0.323 e. The minimum Gasteiger partial charge on any atom is -0.323 e. The average Bonchev–Trinajstić information content (AvgIpc) is 2.82. The van der Waals surface area contributed by atoms with E-state index in [-0.39, 0.29) is 6.04 Å². The van der Waals surface area contributed by atoms with Gasteiger partial charge >= 0.3 is 0 Å². The number of fused-ring (bicyclic) bond motifs is 1. The van der Waals surface area contributed by atoms with Crippen LogP contribution in [-0.4, -0.2) is 37.6 Å². The summed E-state index contributed by atoms with van der Waals surface area (Å²) in [7, 11) is 2.17. The number of nitrogens with two attached hydrogens (primary N) is 1. The number of likely N-dealkylation sites (N-methyl/N-ethyl adjacent to an activating group) is 1. The van der Waals surface area contributed by atoms with Crippen LogP contribution in [0.25, 0.3) is 10.1 Å². The van der Waals surface area contributed by atoms with Crippen molar-refractivity contribution < 1.29 is 0 Å². The van der Waals surface area contributed by atoms with E-state index >= 15 is 0 Å². The molecule has 18 heavy (non-hydrogen) atoms. The van der Waals surface area contributed by atoms with Crippen molar-refractivity contribution in [2.75, 3.05) is 26.7 Å². The Kier molecular flexibility index (Phi) is 3.35. The van der Waals surface area contributed by atoms with Crippen molar-refractivity contribution in [3.63, 3.8) is 0 Å². The van der Waals surface area contributed by atoms with Gasteiger partial charge in [-0.05, 0) is 29.4 Å². The van der Waals surface area contributed by atoms with Crippen LogP contribution >= 0.6 is 11.3 Å². The number of hydrogen-bond donors (Lipinski definition) is 2. The Bertz CT molecular complexity index is 537. The van der Waals surface area contributed by atoms with Crippen molar-refractivity contribution in [2.24, 2.45) is 5.73 Å². The monoisotopic (exact) mass is 261 g/mol. The summed E-state index contributed by atoms with van der Waals surface area (Å²) in [6.07, 6.45) is 0. The smallest absolute Gasteiger partial charge is 0.0479 e. The van der Waals surface area contributed by atoms with Gasteiger partial charge in [-0.25, -0.2) is 0 Å². The first kappa shape index (κ1) is 12.1. The highest BCUT2D eigenvalue weighted by Crippen LogP contribution is 2.31. The Morgan fingerprint density at radius 1 is 1.44 bits per heavy atom.